The van der Waals surface area contributed by atoms with Crippen molar-refractivity contribution in [2.24, 2.45) is 0 Å². The SMILES string of the molecule is COc1cc(-c2ccccn2)c(C(OC)OC)c(CO)c1OC. The Morgan fingerprint density at radius 2 is 1.83 bits per heavy atom. The summed E-state index contributed by atoms with van der Waals surface area (Å²) in [6.07, 6.45) is 1.03. The summed E-state index contributed by atoms with van der Waals surface area (Å²) in [5.74, 6) is 0.954. The molecule has 0 fully saturated rings. The van der Waals surface area contributed by atoms with Crippen LogP contribution in [-0.4, -0.2) is 38.5 Å². The van der Waals surface area contributed by atoms with Crippen LogP contribution in [0.5, 0.6) is 11.5 Å². The number of hydrogen-bond donors (Lipinski definition) is 1. The first-order chi connectivity index (χ1) is 11.2. The summed E-state index contributed by atoms with van der Waals surface area (Å²) in [6, 6.07) is 7.39. The van der Waals surface area contributed by atoms with E-state index in [2.05, 4.69) is 4.98 Å². The molecule has 6 nitrogen and oxygen atoms in total. The van der Waals surface area contributed by atoms with Crippen LogP contribution in [0.25, 0.3) is 11.3 Å². The van der Waals surface area contributed by atoms with Gasteiger partial charge >= 0.3 is 0 Å². The van der Waals surface area contributed by atoms with Crippen LogP contribution in [0.2, 0.25) is 0 Å². The van der Waals surface area contributed by atoms with E-state index in [9.17, 15) is 5.11 Å². The van der Waals surface area contributed by atoms with Gasteiger partial charge in [-0.25, -0.2) is 0 Å². The molecule has 0 saturated carbocycles. The van der Waals surface area contributed by atoms with E-state index in [0.29, 0.717) is 22.6 Å². The fourth-order valence-corrected chi connectivity index (χ4v) is 2.58. The smallest absolute Gasteiger partial charge is 0.184 e. The van der Waals surface area contributed by atoms with E-state index in [1.807, 2.05) is 18.2 Å². The van der Waals surface area contributed by atoms with E-state index < -0.39 is 6.29 Å². The van der Waals surface area contributed by atoms with Gasteiger partial charge in [-0.1, -0.05) is 6.07 Å². The highest BCUT2D eigenvalue weighted by atomic mass is 16.7. The lowest BCUT2D eigenvalue weighted by Gasteiger charge is -2.24. The Balaban J connectivity index is 2.82. The number of hydrogen-bond acceptors (Lipinski definition) is 6. The first kappa shape index (κ1) is 17.2. The molecule has 1 N–H and O–H groups in total. The summed E-state index contributed by atoms with van der Waals surface area (Å²) in [4.78, 5) is 4.38. The molecule has 1 aromatic carbocycles. The first-order valence-corrected chi connectivity index (χ1v) is 7.07. The lowest BCUT2D eigenvalue weighted by molar-refractivity contribution is -0.106. The number of benzene rings is 1. The molecule has 0 amide bonds. The first-order valence-electron chi connectivity index (χ1n) is 7.07. The minimum atomic E-state index is -0.672. The van der Waals surface area contributed by atoms with Crippen molar-refractivity contribution in [3.05, 3.63) is 41.6 Å². The van der Waals surface area contributed by atoms with Crippen LogP contribution in [0.3, 0.4) is 0 Å². The molecule has 0 aliphatic heterocycles. The third kappa shape index (κ3) is 3.29. The minimum Gasteiger partial charge on any atom is -0.493 e. The van der Waals surface area contributed by atoms with E-state index in [0.717, 1.165) is 11.3 Å². The standard InChI is InChI=1S/C17H21NO5/c1-20-14-9-11(13-7-5-6-8-18-13)15(17(22-3)23-4)12(10-19)16(14)21-2/h5-9,17,19H,10H2,1-4H3. The zero-order chi connectivity index (χ0) is 16.8. The Bertz CT molecular complexity index is 641. The Morgan fingerprint density at radius 3 is 2.30 bits per heavy atom. The average Bonchev–Trinajstić information content (AvgIpc) is 2.62. The summed E-state index contributed by atoms with van der Waals surface area (Å²) >= 11 is 0. The maximum Gasteiger partial charge on any atom is 0.184 e. The van der Waals surface area contributed by atoms with Gasteiger partial charge in [-0.3, -0.25) is 4.98 Å². The van der Waals surface area contributed by atoms with Crippen LogP contribution in [-0.2, 0) is 16.1 Å². The molecule has 0 saturated heterocycles. The summed E-state index contributed by atoms with van der Waals surface area (Å²) < 4.78 is 21.6. The molecule has 0 aliphatic rings. The Morgan fingerprint density at radius 1 is 1.09 bits per heavy atom. The molecule has 0 spiro atoms. The van der Waals surface area contributed by atoms with E-state index in [1.54, 1.807) is 19.4 Å². The maximum atomic E-state index is 9.89. The van der Waals surface area contributed by atoms with Crippen molar-refractivity contribution in [1.82, 2.24) is 4.98 Å². The lowest BCUT2D eigenvalue weighted by Crippen LogP contribution is -2.12. The highest BCUT2D eigenvalue weighted by molar-refractivity contribution is 5.72. The molecule has 6 heteroatoms. The summed E-state index contributed by atoms with van der Waals surface area (Å²) in [7, 11) is 6.14. The summed E-state index contributed by atoms with van der Waals surface area (Å²) in [5.41, 5.74) is 2.67. The molecular formula is C17H21NO5. The van der Waals surface area contributed by atoms with Crippen molar-refractivity contribution in [1.29, 1.82) is 0 Å². The number of aromatic nitrogens is 1. The molecule has 0 aliphatic carbocycles. The fourth-order valence-electron chi connectivity index (χ4n) is 2.58. The van der Waals surface area contributed by atoms with Gasteiger partial charge < -0.3 is 24.1 Å². The zero-order valence-electron chi connectivity index (χ0n) is 13.7. The van der Waals surface area contributed by atoms with Gasteiger partial charge in [0.2, 0.25) is 0 Å². The van der Waals surface area contributed by atoms with Gasteiger partial charge in [0.15, 0.2) is 17.8 Å². The summed E-state index contributed by atoms with van der Waals surface area (Å²) in [6.45, 7) is -0.251. The van der Waals surface area contributed by atoms with Crippen molar-refractivity contribution in [3.8, 4) is 22.8 Å². The number of aliphatic hydroxyl groups is 1. The Labute approximate surface area is 135 Å². The van der Waals surface area contributed by atoms with Crippen molar-refractivity contribution < 1.29 is 24.1 Å². The normalized spacial score (nSPS) is 10.9. The number of nitrogens with zero attached hydrogens (tertiary/aromatic N) is 1. The highest BCUT2D eigenvalue weighted by Gasteiger charge is 2.26. The second kappa shape index (κ2) is 7.92. The quantitative estimate of drug-likeness (QED) is 0.791. The molecule has 0 atom stereocenters. The third-order valence-electron chi connectivity index (χ3n) is 3.58. The predicted octanol–water partition coefficient (Wildman–Crippen LogP) is 2.55. The topological polar surface area (TPSA) is 70.0 Å². The van der Waals surface area contributed by atoms with Crippen LogP contribution in [0, 0.1) is 0 Å². The van der Waals surface area contributed by atoms with Crippen molar-refractivity contribution in [2.75, 3.05) is 28.4 Å². The lowest BCUT2D eigenvalue weighted by atomic mass is 9.96. The number of aliphatic hydroxyl groups excluding tert-OH is 1. The molecule has 1 heterocycles. The second-order valence-corrected chi connectivity index (χ2v) is 4.73. The van der Waals surface area contributed by atoms with Gasteiger partial charge in [-0.05, 0) is 18.2 Å². The Hall–Kier alpha value is -2.15. The molecule has 2 aromatic rings. The van der Waals surface area contributed by atoms with Gasteiger partial charge in [0.25, 0.3) is 0 Å². The largest absolute Gasteiger partial charge is 0.493 e. The van der Waals surface area contributed by atoms with Crippen molar-refractivity contribution in [3.63, 3.8) is 0 Å². The van der Waals surface area contributed by atoms with Gasteiger partial charge in [0, 0.05) is 37.1 Å². The van der Waals surface area contributed by atoms with Gasteiger partial charge in [-0.2, -0.15) is 0 Å². The van der Waals surface area contributed by atoms with Crippen LogP contribution in [0.4, 0.5) is 0 Å². The molecule has 1 aromatic heterocycles. The molecule has 0 bridgehead atoms. The molecule has 0 unspecified atom stereocenters. The van der Waals surface area contributed by atoms with E-state index >= 15 is 0 Å². The van der Waals surface area contributed by atoms with Gasteiger partial charge in [-0.15, -0.1) is 0 Å². The highest BCUT2D eigenvalue weighted by Crippen LogP contribution is 2.43. The number of pyridine rings is 1. The zero-order valence-corrected chi connectivity index (χ0v) is 13.7. The van der Waals surface area contributed by atoms with Crippen LogP contribution >= 0.6 is 0 Å². The minimum absolute atomic E-state index is 0.251. The third-order valence-corrected chi connectivity index (χ3v) is 3.58. The monoisotopic (exact) mass is 319 g/mol. The molecule has 124 valence electrons. The van der Waals surface area contributed by atoms with Crippen LogP contribution in [0.1, 0.15) is 17.4 Å². The van der Waals surface area contributed by atoms with Crippen molar-refractivity contribution in [2.45, 2.75) is 12.9 Å². The number of methoxy groups -OCH3 is 4. The van der Waals surface area contributed by atoms with Crippen LogP contribution < -0.4 is 9.47 Å². The van der Waals surface area contributed by atoms with Gasteiger partial charge in [0.1, 0.15) is 0 Å². The number of rotatable bonds is 7. The molecule has 23 heavy (non-hydrogen) atoms. The fraction of sp³-hybridized carbons (Fsp3) is 0.353. The van der Waals surface area contributed by atoms with E-state index in [-0.39, 0.29) is 6.61 Å². The van der Waals surface area contributed by atoms with Crippen LogP contribution in [0.15, 0.2) is 30.5 Å². The van der Waals surface area contributed by atoms with E-state index in [4.69, 9.17) is 18.9 Å². The Kier molecular flexibility index (Phi) is 5.92. The second-order valence-electron chi connectivity index (χ2n) is 4.73. The summed E-state index contributed by atoms with van der Waals surface area (Å²) in [5, 5.41) is 9.89. The van der Waals surface area contributed by atoms with Gasteiger partial charge in [0.05, 0.1) is 26.5 Å². The maximum absolute atomic E-state index is 9.89. The number of ether oxygens (including phenoxy) is 4. The van der Waals surface area contributed by atoms with Crippen molar-refractivity contribution >= 4 is 0 Å². The molecule has 0 radical (unpaired) electrons. The predicted molar refractivity (Wildman–Crippen MR) is 85.5 cm³/mol. The molecular weight excluding hydrogens is 298 g/mol. The molecule has 2 rings (SSSR count). The average molecular weight is 319 g/mol. The van der Waals surface area contributed by atoms with E-state index in [1.165, 1.54) is 21.3 Å².